The van der Waals surface area contributed by atoms with Gasteiger partial charge in [-0.05, 0) is 68.3 Å². The van der Waals surface area contributed by atoms with E-state index in [2.05, 4.69) is 45.2 Å². The van der Waals surface area contributed by atoms with E-state index in [4.69, 9.17) is 4.74 Å². The van der Waals surface area contributed by atoms with E-state index in [1.165, 1.54) is 16.5 Å². The fraction of sp³-hybridized carbons (Fsp3) is 0.517. The molecule has 192 valence electrons. The molecule has 2 fully saturated rings. The smallest absolute Gasteiger partial charge is 0.250 e. The molecule has 0 bridgehead atoms. The normalized spacial score (nSPS) is 20.1. The van der Waals surface area contributed by atoms with Crippen molar-refractivity contribution < 1.29 is 9.53 Å². The maximum Gasteiger partial charge on any atom is 0.250 e. The fourth-order valence-corrected chi connectivity index (χ4v) is 5.60. The summed E-state index contributed by atoms with van der Waals surface area (Å²) < 4.78 is 9.44. The van der Waals surface area contributed by atoms with Crippen LogP contribution < -0.4 is 10.9 Å². The lowest BCUT2D eigenvalue weighted by Gasteiger charge is -2.35. The van der Waals surface area contributed by atoms with Gasteiger partial charge in [0.2, 0.25) is 5.91 Å². The molecule has 1 aromatic carbocycles. The Balaban J connectivity index is 1.39. The predicted molar refractivity (Wildman–Crippen MR) is 142 cm³/mol. The van der Waals surface area contributed by atoms with Gasteiger partial charge in [-0.1, -0.05) is 18.2 Å². The Morgan fingerprint density at radius 3 is 2.81 bits per heavy atom. The molecule has 1 aliphatic heterocycles. The first kappa shape index (κ1) is 24.8. The van der Waals surface area contributed by atoms with Gasteiger partial charge in [0.25, 0.3) is 5.56 Å². The van der Waals surface area contributed by atoms with Crippen LogP contribution in [0.3, 0.4) is 0 Å². The van der Waals surface area contributed by atoms with Crippen molar-refractivity contribution >= 4 is 16.8 Å². The molecule has 1 saturated heterocycles. The number of pyridine rings is 1. The summed E-state index contributed by atoms with van der Waals surface area (Å²) in [6.45, 7) is 6.56. The molecule has 1 saturated carbocycles. The number of carbonyl (C=O) groups excluding carboxylic acids is 1. The third kappa shape index (κ3) is 5.27. The molecule has 0 radical (unpaired) electrons. The zero-order valence-corrected chi connectivity index (χ0v) is 21.5. The van der Waals surface area contributed by atoms with Crippen molar-refractivity contribution in [1.29, 1.82) is 0 Å². The number of rotatable bonds is 10. The topological polar surface area (TPSA) is 68.5 Å². The zero-order chi connectivity index (χ0) is 25.1. The Hall–Kier alpha value is -2.90. The quantitative estimate of drug-likeness (QED) is 0.441. The minimum Gasteiger partial charge on any atom is -0.382 e. The molecule has 36 heavy (non-hydrogen) atoms. The van der Waals surface area contributed by atoms with Crippen LogP contribution in [0.4, 0.5) is 0 Å². The number of amides is 1. The van der Waals surface area contributed by atoms with Crippen LogP contribution >= 0.6 is 0 Å². The number of para-hydroxylation sites is 1. The van der Waals surface area contributed by atoms with Gasteiger partial charge in [0.05, 0.1) is 5.92 Å². The van der Waals surface area contributed by atoms with Crippen LogP contribution in [0.15, 0.2) is 53.6 Å². The maximum absolute atomic E-state index is 14.1. The minimum atomic E-state index is -0.161. The van der Waals surface area contributed by atoms with E-state index < -0.39 is 0 Å². The SMILES string of the molecule is CCOCCCn1cc(CN(C(=O)[C@H]2CNCC[C@@H]2c2ccn(C)c(=O)c2)C2CC2)c2ccccc21. The molecule has 2 atom stereocenters. The van der Waals surface area contributed by atoms with Gasteiger partial charge in [0.1, 0.15) is 0 Å². The number of nitrogens with zero attached hydrogens (tertiary/aromatic N) is 3. The first-order chi connectivity index (χ1) is 17.6. The lowest BCUT2D eigenvalue weighted by atomic mass is 9.80. The van der Waals surface area contributed by atoms with Crippen LogP contribution in [0.2, 0.25) is 0 Å². The molecule has 3 heterocycles. The van der Waals surface area contributed by atoms with E-state index in [9.17, 15) is 9.59 Å². The van der Waals surface area contributed by atoms with Gasteiger partial charge < -0.3 is 24.1 Å². The van der Waals surface area contributed by atoms with E-state index in [-0.39, 0.29) is 23.3 Å². The molecule has 7 heteroatoms. The van der Waals surface area contributed by atoms with Gasteiger partial charge in [0.15, 0.2) is 0 Å². The molecular weight excluding hydrogens is 452 g/mol. The van der Waals surface area contributed by atoms with Gasteiger partial charge in [-0.3, -0.25) is 9.59 Å². The number of piperidine rings is 1. The number of ether oxygens (including phenoxy) is 1. The number of hydrogen-bond acceptors (Lipinski definition) is 4. The number of aromatic nitrogens is 2. The van der Waals surface area contributed by atoms with E-state index >= 15 is 0 Å². The van der Waals surface area contributed by atoms with Gasteiger partial charge in [0, 0.05) is 75.3 Å². The van der Waals surface area contributed by atoms with Crippen LogP contribution in [0.25, 0.3) is 10.9 Å². The van der Waals surface area contributed by atoms with Crippen molar-refractivity contribution in [3.05, 3.63) is 70.3 Å². The number of hydrogen-bond donors (Lipinski definition) is 1. The number of aryl methyl sites for hydroxylation is 2. The summed E-state index contributed by atoms with van der Waals surface area (Å²) >= 11 is 0. The second-order valence-corrected chi connectivity index (χ2v) is 10.2. The third-order valence-corrected chi connectivity index (χ3v) is 7.73. The van der Waals surface area contributed by atoms with Gasteiger partial charge in [-0.15, -0.1) is 0 Å². The predicted octanol–water partition coefficient (Wildman–Crippen LogP) is 3.65. The lowest BCUT2D eigenvalue weighted by Crippen LogP contribution is -2.47. The Morgan fingerprint density at radius 2 is 2.03 bits per heavy atom. The van der Waals surface area contributed by atoms with Crippen molar-refractivity contribution in [3.8, 4) is 0 Å². The summed E-state index contributed by atoms with van der Waals surface area (Å²) in [7, 11) is 1.76. The summed E-state index contributed by atoms with van der Waals surface area (Å²) in [6, 6.07) is 12.5. The van der Waals surface area contributed by atoms with Crippen molar-refractivity contribution in [3.63, 3.8) is 0 Å². The highest BCUT2D eigenvalue weighted by atomic mass is 16.5. The molecule has 1 N–H and O–H groups in total. The Kier molecular flexibility index (Phi) is 7.58. The summed E-state index contributed by atoms with van der Waals surface area (Å²) in [6.07, 6.45) is 8.01. The lowest BCUT2D eigenvalue weighted by molar-refractivity contribution is -0.138. The molecule has 1 aliphatic carbocycles. The first-order valence-corrected chi connectivity index (χ1v) is 13.4. The third-order valence-electron chi connectivity index (χ3n) is 7.73. The number of fused-ring (bicyclic) bond motifs is 1. The molecule has 2 aliphatic rings. The van der Waals surface area contributed by atoms with Gasteiger partial charge >= 0.3 is 0 Å². The van der Waals surface area contributed by atoms with Crippen molar-refractivity contribution in [2.75, 3.05) is 26.3 Å². The van der Waals surface area contributed by atoms with Crippen LogP contribution in [-0.4, -0.2) is 52.3 Å². The van der Waals surface area contributed by atoms with Crippen molar-refractivity contribution in [2.24, 2.45) is 13.0 Å². The number of nitrogens with one attached hydrogen (secondary N) is 1. The minimum absolute atomic E-state index is 0.0200. The molecule has 0 unspecified atom stereocenters. The van der Waals surface area contributed by atoms with E-state index in [1.54, 1.807) is 17.7 Å². The average molecular weight is 491 g/mol. The van der Waals surface area contributed by atoms with Crippen LogP contribution in [0.5, 0.6) is 0 Å². The summed E-state index contributed by atoms with van der Waals surface area (Å²) in [5.41, 5.74) is 3.38. The fourth-order valence-electron chi connectivity index (χ4n) is 5.60. The average Bonchev–Trinajstić information content (AvgIpc) is 3.69. The second-order valence-electron chi connectivity index (χ2n) is 10.2. The Bertz CT molecular complexity index is 1260. The van der Waals surface area contributed by atoms with Crippen LogP contribution in [0.1, 0.15) is 49.7 Å². The van der Waals surface area contributed by atoms with E-state index in [1.807, 2.05) is 19.2 Å². The monoisotopic (exact) mass is 490 g/mol. The second kappa shape index (κ2) is 11.0. The van der Waals surface area contributed by atoms with Crippen LogP contribution in [-0.2, 0) is 29.7 Å². The Morgan fingerprint density at radius 1 is 1.19 bits per heavy atom. The molecule has 7 nitrogen and oxygen atoms in total. The summed E-state index contributed by atoms with van der Waals surface area (Å²) in [5.74, 6) is 0.114. The summed E-state index contributed by atoms with van der Waals surface area (Å²) in [4.78, 5) is 28.5. The molecule has 3 aromatic rings. The van der Waals surface area contributed by atoms with E-state index in [0.717, 1.165) is 57.6 Å². The molecule has 5 rings (SSSR count). The van der Waals surface area contributed by atoms with Crippen molar-refractivity contribution in [1.82, 2.24) is 19.4 Å². The van der Waals surface area contributed by atoms with Crippen LogP contribution in [0, 0.1) is 5.92 Å². The zero-order valence-electron chi connectivity index (χ0n) is 21.5. The van der Waals surface area contributed by atoms with E-state index in [0.29, 0.717) is 19.1 Å². The molecule has 0 spiro atoms. The van der Waals surface area contributed by atoms with Gasteiger partial charge in [-0.2, -0.15) is 0 Å². The number of benzene rings is 1. The largest absolute Gasteiger partial charge is 0.382 e. The molecule has 2 aromatic heterocycles. The Labute approximate surface area is 213 Å². The van der Waals surface area contributed by atoms with Crippen molar-refractivity contribution in [2.45, 2.75) is 57.7 Å². The first-order valence-electron chi connectivity index (χ1n) is 13.4. The highest BCUT2D eigenvalue weighted by Crippen LogP contribution is 2.36. The summed E-state index contributed by atoms with van der Waals surface area (Å²) in [5, 5.41) is 4.66. The highest BCUT2D eigenvalue weighted by molar-refractivity contribution is 5.85. The number of carbonyl (C=O) groups is 1. The molecular formula is C29H38N4O3. The highest BCUT2D eigenvalue weighted by Gasteiger charge is 2.40. The maximum atomic E-state index is 14.1. The van der Waals surface area contributed by atoms with Gasteiger partial charge in [-0.25, -0.2) is 0 Å². The molecule has 1 amide bonds. The standard InChI is InChI=1S/C29H38N4O3/c1-3-36-16-6-14-32-19-22(25-7-4-5-8-27(25)32)20-33(23-9-10-23)29(35)26-18-30-13-11-24(26)21-12-15-31(2)28(34)17-21/h4-5,7-8,12,15,17,19,23-24,26,30H,3,6,9-11,13-14,16,18,20H2,1-2H3/t24-,26+/m1/s1.